The van der Waals surface area contributed by atoms with Gasteiger partial charge in [-0.3, -0.25) is 4.79 Å². The standard InChI is InChI=1S/C17H33N3O/c1-15(2)18-9-5-6-17(21)20-12-7-16(8-13-20)14-19-10-3-4-11-19/h15-16,18H,3-14H2,1-2H3. The fraction of sp³-hybridized carbons (Fsp3) is 0.941. The van der Waals surface area contributed by atoms with Crippen LogP contribution in [-0.2, 0) is 4.79 Å². The summed E-state index contributed by atoms with van der Waals surface area (Å²) in [6, 6.07) is 0.515. The Bertz CT molecular complexity index is 305. The molecule has 2 heterocycles. The van der Waals surface area contributed by atoms with Crippen LogP contribution in [0.5, 0.6) is 0 Å². The quantitative estimate of drug-likeness (QED) is 0.731. The Morgan fingerprint density at radius 1 is 1.14 bits per heavy atom. The van der Waals surface area contributed by atoms with Crippen molar-refractivity contribution in [2.75, 3.05) is 39.3 Å². The molecule has 0 saturated carbocycles. The van der Waals surface area contributed by atoms with Crippen molar-refractivity contribution in [3.8, 4) is 0 Å². The third kappa shape index (κ3) is 5.95. The first-order chi connectivity index (χ1) is 10.1. The van der Waals surface area contributed by atoms with Gasteiger partial charge in [0.25, 0.3) is 0 Å². The molecule has 4 heteroatoms. The summed E-state index contributed by atoms with van der Waals surface area (Å²) in [4.78, 5) is 16.9. The second-order valence-electron chi connectivity index (χ2n) is 7.04. The fourth-order valence-corrected chi connectivity index (χ4v) is 3.48. The monoisotopic (exact) mass is 295 g/mol. The van der Waals surface area contributed by atoms with Crippen molar-refractivity contribution in [1.29, 1.82) is 0 Å². The van der Waals surface area contributed by atoms with Crippen molar-refractivity contribution in [3.05, 3.63) is 0 Å². The minimum atomic E-state index is 0.361. The van der Waals surface area contributed by atoms with E-state index >= 15 is 0 Å². The molecule has 21 heavy (non-hydrogen) atoms. The van der Waals surface area contributed by atoms with Crippen molar-refractivity contribution >= 4 is 5.91 Å². The van der Waals surface area contributed by atoms with E-state index in [4.69, 9.17) is 0 Å². The number of carbonyl (C=O) groups is 1. The van der Waals surface area contributed by atoms with Crippen LogP contribution < -0.4 is 5.32 Å². The Morgan fingerprint density at radius 2 is 1.81 bits per heavy atom. The van der Waals surface area contributed by atoms with Crippen LogP contribution in [0.15, 0.2) is 0 Å². The van der Waals surface area contributed by atoms with Crippen LogP contribution >= 0.6 is 0 Å². The van der Waals surface area contributed by atoms with Crippen LogP contribution in [0, 0.1) is 5.92 Å². The van der Waals surface area contributed by atoms with Gasteiger partial charge in [0.2, 0.25) is 5.91 Å². The van der Waals surface area contributed by atoms with Crippen molar-refractivity contribution in [1.82, 2.24) is 15.1 Å². The predicted molar refractivity (Wildman–Crippen MR) is 87.4 cm³/mol. The van der Waals surface area contributed by atoms with Crippen LogP contribution in [0.25, 0.3) is 0 Å². The Morgan fingerprint density at radius 3 is 2.43 bits per heavy atom. The summed E-state index contributed by atoms with van der Waals surface area (Å²) in [5, 5.41) is 3.37. The number of likely N-dealkylation sites (tertiary alicyclic amines) is 2. The van der Waals surface area contributed by atoms with Crippen LogP contribution in [0.2, 0.25) is 0 Å². The first kappa shape index (κ1) is 16.8. The first-order valence-electron chi connectivity index (χ1n) is 8.88. The Hall–Kier alpha value is -0.610. The molecule has 0 unspecified atom stereocenters. The van der Waals surface area contributed by atoms with Crippen molar-refractivity contribution < 1.29 is 4.79 Å². The smallest absolute Gasteiger partial charge is 0.222 e. The van der Waals surface area contributed by atoms with Gasteiger partial charge < -0.3 is 15.1 Å². The molecule has 0 aliphatic carbocycles. The number of nitrogens with one attached hydrogen (secondary N) is 1. The zero-order chi connectivity index (χ0) is 15.1. The molecule has 1 N–H and O–H groups in total. The van der Waals surface area contributed by atoms with Gasteiger partial charge in [0.05, 0.1) is 0 Å². The lowest BCUT2D eigenvalue weighted by Gasteiger charge is -2.34. The third-order valence-corrected chi connectivity index (χ3v) is 4.80. The summed E-state index contributed by atoms with van der Waals surface area (Å²) in [6.07, 6.45) is 6.82. The molecule has 0 aromatic heterocycles. The minimum absolute atomic E-state index is 0.361. The number of rotatable bonds is 7. The van der Waals surface area contributed by atoms with Crippen LogP contribution in [0.1, 0.15) is 52.4 Å². The molecule has 0 atom stereocenters. The van der Waals surface area contributed by atoms with E-state index in [0.29, 0.717) is 18.4 Å². The molecule has 0 aromatic rings. The molecule has 2 aliphatic heterocycles. The number of amides is 1. The predicted octanol–water partition coefficient (Wildman–Crippen LogP) is 2.10. The molecule has 0 radical (unpaired) electrons. The van der Waals surface area contributed by atoms with Crippen LogP contribution in [0.3, 0.4) is 0 Å². The van der Waals surface area contributed by atoms with Gasteiger partial charge >= 0.3 is 0 Å². The van der Waals surface area contributed by atoms with Gasteiger partial charge in [0.1, 0.15) is 0 Å². The second-order valence-corrected chi connectivity index (χ2v) is 7.04. The molecule has 2 rings (SSSR count). The van der Waals surface area contributed by atoms with E-state index in [1.165, 1.54) is 45.3 Å². The maximum atomic E-state index is 12.2. The summed E-state index contributed by atoms with van der Waals surface area (Å²) in [5.74, 6) is 1.18. The number of nitrogens with zero attached hydrogens (tertiary/aromatic N) is 2. The Balaban J connectivity index is 1.58. The summed E-state index contributed by atoms with van der Waals surface area (Å²) in [5.41, 5.74) is 0. The highest BCUT2D eigenvalue weighted by Crippen LogP contribution is 2.21. The zero-order valence-corrected chi connectivity index (χ0v) is 13.9. The SMILES string of the molecule is CC(C)NCCCC(=O)N1CCC(CN2CCCC2)CC1. The normalized spacial score (nSPS) is 21.4. The maximum Gasteiger partial charge on any atom is 0.222 e. The van der Waals surface area contributed by atoms with Crippen LogP contribution in [-0.4, -0.2) is 61.0 Å². The van der Waals surface area contributed by atoms with Crippen molar-refractivity contribution in [2.24, 2.45) is 5.92 Å². The highest BCUT2D eigenvalue weighted by Gasteiger charge is 2.24. The van der Waals surface area contributed by atoms with E-state index in [9.17, 15) is 4.79 Å². The highest BCUT2D eigenvalue weighted by atomic mass is 16.2. The number of hydrogen-bond donors (Lipinski definition) is 1. The van der Waals surface area contributed by atoms with E-state index in [-0.39, 0.29) is 0 Å². The molecule has 0 spiro atoms. The van der Waals surface area contributed by atoms with E-state index in [1.807, 2.05) is 0 Å². The van der Waals surface area contributed by atoms with Crippen molar-refractivity contribution in [2.45, 2.75) is 58.4 Å². The lowest BCUT2D eigenvalue weighted by molar-refractivity contribution is -0.132. The third-order valence-electron chi connectivity index (χ3n) is 4.80. The Labute approximate surface area is 130 Å². The average molecular weight is 295 g/mol. The molecule has 2 aliphatic rings. The summed E-state index contributed by atoms with van der Waals surface area (Å²) >= 11 is 0. The van der Waals surface area contributed by atoms with Crippen LogP contribution in [0.4, 0.5) is 0 Å². The molecule has 122 valence electrons. The molecule has 0 bridgehead atoms. The summed E-state index contributed by atoms with van der Waals surface area (Å²) in [7, 11) is 0. The first-order valence-corrected chi connectivity index (χ1v) is 8.88. The Kier molecular flexibility index (Phi) is 6.97. The number of carbonyl (C=O) groups excluding carboxylic acids is 1. The molecule has 4 nitrogen and oxygen atoms in total. The maximum absolute atomic E-state index is 12.2. The van der Waals surface area contributed by atoms with Gasteiger partial charge in [-0.25, -0.2) is 0 Å². The van der Waals surface area contributed by atoms with Crippen molar-refractivity contribution in [3.63, 3.8) is 0 Å². The average Bonchev–Trinajstić information content (AvgIpc) is 2.97. The number of hydrogen-bond acceptors (Lipinski definition) is 3. The van der Waals surface area contributed by atoms with Gasteiger partial charge in [-0.1, -0.05) is 13.8 Å². The van der Waals surface area contributed by atoms with E-state index < -0.39 is 0 Å². The fourth-order valence-electron chi connectivity index (χ4n) is 3.48. The van der Waals surface area contributed by atoms with Gasteiger partial charge in [-0.05, 0) is 57.7 Å². The number of piperidine rings is 1. The molecule has 1 amide bonds. The molecule has 2 saturated heterocycles. The van der Waals surface area contributed by atoms with Gasteiger partial charge in [-0.2, -0.15) is 0 Å². The van der Waals surface area contributed by atoms with E-state index in [0.717, 1.165) is 32.0 Å². The molecular formula is C17H33N3O. The van der Waals surface area contributed by atoms with E-state index in [1.54, 1.807) is 0 Å². The van der Waals surface area contributed by atoms with E-state index in [2.05, 4.69) is 29.0 Å². The largest absolute Gasteiger partial charge is 0.343 e. The molecular weight excluding hydrogens is 262 g/mol. The highest BCUT2D eigenvalue weighted by molar-refractivity contribution is 5.76. The summed E-state index contributed by atoms with van der Waals surface area (Å²) in [6.45, 7) is 11.1. The lowest BCUT2D eigenvalue weighted by atomic mass is 9.96. The zero-order valence-electron chi connectivity index (χ0n) is 13.9. The van der Waals surface area contributed by atoms with Gasteiger partial charge in [0.15, 0.2) is 0 Å². The second kappa shape index (κ2) is 8.74. The topological polar surface area (TPSA) is 35.6 Å². The summed E-state index contributed by atoms with van der Waals surface area (Å²) < 4.78 is 0. The molecule has 0 aromatic carbocycles. The molecule has 2 fully saturated rings. The minimum Gasteiger partial charge on any atom is -0.343 e. The lowest BCUT2D eigenvalue weighted by Crippen LogP contribution is -2.41. The van der Waals surface area contributed by atoms with Gasteiger partial charge in [0, 0.05) is 32.1 Å². The van der Waals surface area contributed by atoms with Gasteiger partial charge in [-0.15, -0.1) is 0 Å².